The van der Waals surface area contributed by atoms with Gasteiger partial charge in [-0.2, -0.15) is 0 Å². The van der Waals surface area contributed by atoms with Gasteiger partial charge in [-0.15, -0.1) is 0 Å². The Hall–Kier alpha value is -8.72. The van der Waals surface area contributed by atoms with E-state index in [1.807, 2.05) is 6.07 Å². The van der Waals surface area contributed by atoms with Crippen molar-refractivity contribution in [3.05, 3.63) is 218 Å². The summed E-state index contributed by atoms with van der Waals surface area (Å²) >= 11 is 0. The van der Waals surface area contributed by atoms with Crippen LogP contribution in [0, 0.1) is 0 Å². The summed E-state index contributed by atoms with van der Waals surface area (Å²) in [5, 5.41) is 21.8. The predicted molar refractivity (Wildman–Crippen MR) is 280 cm³/mol. The fraction of sp³-hybridized carbons (Fsp3) is 0. The number of furan rings is 2. The lowest BCUT2D eigenvalue weighted by Gasteiger charge is -2.22. The lowest BCUT2D eigenvalue weighted by atomic mass is 9.81. The summed E-state index contributed by atoms with van der Waals surface area (Å²) in [6.07, 6.45) is 0. The highest BCUT2D eigenvalue weighted by molar-refractivity contribution is 6.31. The van der Waals surface area contributed by atoms with Gasteiger partial charge >= 0.3 is 0 Å². The normalized spacial score (nSPS) is 12.2. The van der Waals surface area contributed by atoms with Crippen LogP contribution in [0.15, 0.2) is 227 Å². The Morgan fingerprint density at radius 2 is 0.485 bits per heavy atom. The number of hydrogen-bond acceptors (Lipinski definition) is 2. The Morgan fingerprint density at radius 1 is 0.167 bits per heavy atom. The van der Waals surface area contributed by atoms with Crippen LogP contribution in [0.5, 0.6) is 0 Å². The first-order valence-electron chi connectivity index (χ1n) is 22.7. The topological polar surface area (TPSA) is 26.3 Å². The van der Waals surface area contributed by atoms with Gasteiger partial charge in [0, 0.05) is 21.5 Å². The van der Waals surface area contributed by atoms with Crippen LogP contribution < -0.4 is 0 Å². The number of hydrogen-bond donors (Lipinski definition) is 0. The molecule has 13 aromatic carbocycles. The van der Waals surface area contributed by atoms with Gasteiger partial charge < -0.3 is 8.83 Å². The summed E-state index contributed by atoms with van der Waals surface area (Å²) in [6, 6.07) is 79.9. The van der Waals surface area contributed by atoms with Crippen molar-refractivity contribution >= 4 is 119 Å². The largest absolute Gasteiger partial charge is 0.456 e. The molecule has 0 N–H and O–H groups in total. The maximum atomic E-state index is 6.88. The minimum atomic E-state index is 0.887. The van der Waals surface area contributed by atoms with E-state index >= 15 is 0 Å². The molecule has 0 aliphatic carbocycles. The Balaban J connectivity index is 0.983. The molecule has 0 saturated carbocycles. The molecule has 0 spiro atoms. The smallest absolute Gasteiger partial charge is 0.136 e. The zero-order valence-corrected chi connectivity index (χ0v) is 35.6. The molecule has 0 aliphatic heterocycles. The third kappa shape index (κ3) is 4.90. The van der Waals surface area contributed by atoms with Crippen LogP contribution >= 0.6 is 0 Å². The van der Waals surface area contributed by atoms with Gasteiger partial charge in [-0.05, 0) is 151 Å². The number of fused-ring (bicyclic) bond motifs is 16. The molecule has 0 unspecified atom stereocenters. The first-order valence-corrected chi connectivity index (χ1v) is 22.7. The van der Waals surface area contributed by atoms with Crippen molar-refractivity contribution in [3.63, 3.8) is 0 Å². The van der Waals surface area contributed by atoms with Crippen molar-refractivity contribution < 1.29 is 8.83 Å². The third-order valence-electron chi connectivity index (χ3n) is 14.4. The molecule has 0 bridgehead atoms. The van der Waals surface area contributed by atoms with Crippen molar-refractivity contribution in [2.24, 2.45) is 0 Å². The van der Waals surface area contributed by atoms with E-state index in [4.69, 9.17) is 8.83 Å². The van der Waals surface area contributed by atoms with Crippen LogP contribution in [0.4, 0.5) is 0 Å². The molecule has 0 amide bonds. The predicted octanol–water partition coefficient (Wildman–Crippen LogP) is 18.6. The lowest BCUT2D eigenvalue weighted by Crippen LogP contribution is -1.94. The van der Waals surface area contributed by atoms with E-state index in [9.17, 15) is 0 Å². The summed E-state index contributed by atoms with van der Waals surface area (Å²) in [5.41, 5.74) is 10.8. The van der Waals surface area contributed by atoms with E-state index < -0.39 is 0 Å². The number of para-hydroxylation sites is 1. The zero-order valence-electron chi connectivity index (χ0n) is 35.6. The Morgan fingerprint density at radius 3 is 1.00 bits per heavy atom. The van der Waals surface area contributed by atoms with Crippen LogP contribution in [0.25, 0.3) is 153 Å². The molecule has 15 rings (SSSR count). The van der Waals surface area contributed by atoms with Crippen LogP contribution in [-0.4, -0.2) is 0 Å². The van der Waals surface area contributed by atoms with Gasteiger partial charge in [-0.1, -0.05) is 176 Å². The molecule has 0 saturated heterocycles. The lowest BCUT2D eigenvalue weighted by molar-refractivity contribution is 0.669. The summed E-state index contributed by atoms with van der Waals surface area (Å²) in [5.74, 6) is 0. The van der Waals surface area contributed by atoms with Crippen LogP contribution in [0.2, 0.25) is 0 Å². The molecule has 2 aromatic heterocycles. The standard InChI is InChI=1S/C64H36O2/c1-3-17-41-39(15-1)40-16-2-4-18-42(40)54-36-60-56(35-53(41)54)44-31-29-38(34-59(44)66-60)62-47-22-7-11-26-51(47)64(52-27-12-8-23-48(52)62)63-49-24-9-5-20-45(49)61(46-21-6-10-25-50(46)63)37-30-32-58-55(33-37)43-19-13-14-28-57(43)65-58/h1-36H. The fourth-order valence-corrected chi connectivity index (χ4v) is 11.6. The van der Waals surface area contributed by atoms with E-state index in [-0.39, 0.29) is 0 Å². The van der Waals surface area contributed by atoms with Gasteiger partial charge in [0.15, 0.2) is 0 Å². The maximum absolute atomic E-state index is 6.88. The molecule has 0 fully saturated rings. The third-order valence-corrected chi connectivity index (χ3v) is 14.4. The SMILES string of the molecule is c1ccc2c(c1)oc1ccc(-c3c4ccccc4c(-c4c5ccccc5c(-c5ccc6c(c5)oc5cc7c8ccccc8c8ccccc8c7cc56)c5ccccc45)c4ccccc34)cc12. The highest BCUT2D eigenvalue weighted by Crippen LogP contribution is 2.51. The van der Waals surface area contributed by atoms with Gasteiger partial charge in [-0.3, -0.25) is 0 Å². The Bertz CT molecular complexity index is 4470. The summed E-state index contributed by atoms with van der Waals surface area (Å²) in [6.45, 7) is 0. The van der Waals surface area contributed by atoms with E-state index in [0.717, 1.165) is 49.4 Å². The average molecular weight is 837 g/mol. The maximum Gasteiger partial charge on any atom is 0.136 e. The van der Waals surface area contributed by atoms with Crippen LogP contribution in [0.3, 0.4) is 0 Å². The number of benzene rings is 13. The Labute approximate surface area is 378 Å². The van der Waals surface area contributed by atoms with E-state index in [1.54, 1.807) is 0 Å². The van der Waals surface area contributed by atoms with Crippen LogP contribution in [-0.2, 0) is 0 Å². The van der Waals surface area contributed by atoms with Crippen molar-refractivity contribution in [3.8, 4) is 33.4 Å². The first kappa shape index (κ1) is 35.7. The van der Waals surface area contributed by atoms with Gasteiger partial charge in [0.2, 0.25) is 0 Å². The molecular weight excluding hydrogens is 801 g/mol. The van der Waals surface area contributed by atoms with Crippen LogP contribution in [0.1, 0.15) is 0 Å². The fourth-order valence-electron chi connectivity index (χ4n) is 11.6. The minimum Gasteiger partial charge on any atom is -0.456 e. The molecule has 0 atom stereocenters. The molecular formula is C64H36O2. The molecule has 0 aliphatic rings. The van der Waals surface area contributed by atoms with Crippen molar-refractivity contribution in [2.75, 3.05) is 0 Å². The van der Waals surface area contributed by atoms with Gasteiger partial charge in [-0.25, -0.2) is 0 Å². The molecule has 304 valence electrons. The summed E-state index contributed by atoms with van der Waals surface area (Å²) in [4.78, 5) is 0. The highest BCUT2D eigenvalue weighted by Gasteiger charge is 2.23. The quantitative estimate of drug-likeness (QED) is 0.131. The van der Waals surface area contributed by atoms with Gasteiger partial charge in [0.05, 0.1) is 0 Å². The second-order valence-electron chi connectivity index (χ2n) is 17.8. The summed E-state index contributed by atoms with van der Waals surface area (Å²) in [7, 11) is 0. The molecule has 2 heterocycles. The highest BCUT2D eigenvalue weighted by atomic mass is 16.3. The van der Waals surface area contributed by atoms with E-state index in [2.05, 4.69) is 212 Å². The average Bonchev–Trinajstić information content (AvgIpc) is 3.94. The Kier molecular flexibility index (Phi) is 7.25. The molecule has 66 heavy (non-hydrogen) atoms. The molecule has 2 nitrogen and oxygen atoms in total. The van der Waals surface area contributed by atoms with Crippen molar-refractivity contribution in [1.82, 2.24) is 0 Å². The van der Waals surface area contributed by atoms with Crippen molar-refractivity contribution in [1.29, 1.82) is 0 Å². The summed E-state index contributed by atoms with van der Waals surface area (Å²) < 4.78 is 13.2. The monoisotopic (exact) mass is 836 g/mol. The van der Waals surface area contributed by atoms with Gasteiger partial charge in [0.1, 0.15) is 22.3 Å². The number of rotatable bonds is 3. The zero-order chi connectivity index (χ0) is 43.0. The van der Waals surface area contributed by atoms with E-state index in [1.165, 1.54) is 103 Å². The van der Waals surface area contributed by atoms with Crippen molar-refractivity contribution in [2.45, 2.75) is 0 Å². The second kappa shape index (κ2) is 13.4. The first-order chi connectivity index (χ1) is 32.7. The van der Waals surface area contributed by atoms with Gasteiger partial charge in [0.25, 0.3) is 0 Å². The molecule has 2 heteroatoms. The molecule has 0 radical (unpaired) electrons. The molecule has 15 aromatic rings. The van der Waals surface area contributed by atoms with E-state index in [0.29, 0.717) is 0 Å². The minimum absolute atomic E-state index is 0.887. The second-order valence-corrected chi connectivity index (χ2v) is 17.8.